The summed E-state index contributed by atoms with van der Waals surface area (Å²) in [6.07, 6.45) is 2.81. The summed E-state index contributed by atoms with van der Waals surface area (Å²) in [5.41, 5.74) is -0.425. The number of hydrogen-bond donors (Lipinski definition) is 1. The maximum atomic E-state index is 12.5. The van der Waals surface area contributed by atoms with Gasteiger partial charge in [-0.25, -0.2) is 4.79 Å². The Bertz CT molecular complexity index is 345. The Kier molecular flexibility index (Phi) is 4.29. The summed E-state index contributed by atoms with van der Waals surface area (Å²) in [6, 6.07) is 0. The summed E-state index contributed by atoms with van der Waals surface area (Å²) < 4.78 is 4.69. The Labute approximate surface area is 114 Å². The lowest BCUT2D eigenvalue weighted by molar-refractivity contribution is -0.140. The molecule has 2 fully saturated rings. The maximum absolute atomic E-state index is 12.5. The fourth-order valence-corrected chi connectivity index (χ4v) is 2.81. The van der Waals surface area contributed by atoms with E-state index in [0.29, 0.717) is 26.2 Å². The van der Waals surface area contributed by atoms with Gasteiger partial charge >= 0.3 is 6.09 Å². The Hall–Kier alpha value is -1.30. The second-order valence-electron chi connectivity index (χ2n) is 5.47. The molecule has 108 valence electrons. The van der Waals surface area contributed by atoms with Crippen LogP contribution in [-0.4, -0.2) is 67.2 Å². The summed E-state index contributed by atoms with van der Waals surface area (Å²) in [5, 5.41) is 3.34. The number of carbonyl (C=O) groups is 2. The smallest absolute Gasteiger partial charge is 0.409 e. The van der Waals surface area contributed by atoms with E-state index in [9.17, 15) is 9.59 Å². The van der Waals surface area contributed by atoms with Crippen LogP contribution in [0.3, 0.4) is 0 Å². The van der Waals surface area contributed by atoms with Crippen molar-refractivity contribution in [3.8, 4) is 0 Å². The number of piperazine rings is 1. The summed E-state index contributed by atoms with van der Waals surface area (Å²) in [7, 11) is 1.38. The van der Waals surface area contributed by atoms with Crippen LogP contribution in [0.15, 0.2) is 0 Å². The molecule has 0 aromatic carbocycles. The van der Waals surface area contributed by atoms with Crippen LogP contribution < -0.4 is 5.32 Å². The van der Waals surface area contributed by atoms with Gasteiger partial charge in [0, 0.05) is 26.2 Å². The van der Waals surface area contributed by atoms with E-state index in [4.69, 9.17) is 4.74 Å². The van der Waals surface area contributed by atoms with Crippen molar-refractivity contribution in [3.63, 3.8) is 0 Å². The van der Waals surface area contributed by atoms with E-state index in [0.717, 1.165) is 25.8 Å². The molecule has 2 amide bonds. The van der Waals surface area contributed by atoms with E-state index in [1.807, 2.05) is 11.8 Å². The highest BCUT2D eigenvalue weighted by atomic mass is 16.5. The van der Waals surface area contributed by atoms with Crippen molar-refractivity contribution in [1.29, 1.82) is 0 Å². The van der Waals surface area contributed by atoms with E-state index in [1.54, 1.807) is 4.90 Å². The van der Waals surface area contributed by atoms with Gasteiger partial charge in [0.25, 0.3) is 0 Å². The minimum absolute atomic E-state index is 0.164. The maximum Gasteiger partial charge on any atom is 0.409 e. The van der Waals surface area contributed by atoms with Gasteiger partial charge in [0.05, 0.1) is 12.6 Å². The average molecular weight is 269 g/mol. The third-order valence-corrected chi connectivity index (χ3v) is 4.09. The molecule has 0 spiro atoms. The summed E-state index contributed by atoms with van der Waals surface area (Å²) in [4.78, 5) is 27.4. The monoisotopic (exact) mass is 269 g/mol. The molecule has 0 bridgehead atoms. The molecule has 0 aromatic rings. The Balaban J connectivity index is 1.90. The second kappa shape index (κ2) is 5.77. The predicted octanol–water partition coefficient (Wildman–Crippen LogP) is 0.429. The largest absolute Gasteiger partial charge is 0.453 e. The van der Waals surface area contributed by atoms with Crippen molar-refractivity contribution >= 4 is 12.0 Å². The molecule has 0 radical (unpaired) electrons. The molecule has 2 saturated heterocycles. The highest BCUT2D eigenvalue weighted by molar-refractivity contribution is 5.86. The van der Waals surface area contributed by atoms with E-state index in [2.05, 4.69) is 5.32 Å². The number of nitrogens with zero attached hydrogens (tertiary/aromatic N) is 2. The summed E-state index contributed by atoms with van der Waals surface area (Å²) in [5.74, 6) is 0.164. The molecule has 2 aliphatic rings. The van der Waals surface area contributed by atoms with E-state index >= 15 is 0 Å². The summed E-state index contributed by atoms with van der Waals surface area (Å²) in [6.45, 7) is 5.17. The van der Waals surface area contributed by atoms with Crippen molar-refractivity contribution in [2.24, 2.45) is 0 Å². The standard InChI is InChI=1S/C13H23N3O3/c1-13(5-3-4-6-14-13)11(17)15-7-9-16(10-8-15)12(18)19-2/h14H,3-10H2,1-2H3. The van der Waals surface area contributed by atoms with Gasteiger partial charge in [0.1, 0.15) is 0 Å². The number of carbonyl (C=O) groups excluding carboxylic acids is 2. The van der Waals surface area contributed by atoms with Crippen LogP contribution in [0.25, 0.3) is 0 Å². The van der Waals surface area contributed by atoms with E-state index in [1.165, 1.54) is 7.11 Å². The molecule has 1 unspecified atom stereocenters. The van der Waals surface area contributed by atoms with Crippen LogP contribution in [0.1, 0.15) is 26.2 Å². The summed E-state index contributed by atoms with van der Waals surface area (Å²) >= 11 is 0. The number of piperidine rings is 1. The fourth-order valence-electron chi connectivity index (χ4n) is 2.81. The molecule has 6 nitrogen and oxygen atoms in total. The van der Waals surface area contributed by atoms with Gasteiger partial charge in [-0.15, -0.1) is 0 Å². The normalized spacial score (nSPS) is 28.1. The van der Waals surface area contributed by atoms with Gasteiger partial charge in [0.2, 0.25) is 5.91 Å². The minimum atomic E-state index is -0.425. The lowest BCUT2D eigenvalue weighted by Gasteiger charge is -2.41. The molecule has 0 aliphatic carbocycles. The highest BCUT2D eigenvalue weighted by Gasteiger charge is 2.38. The second-order valence-corrected chi connectivity index (χ2v) is 5.47. The SMILES string of the molecule is COC(=O)N1CCN(C(=O)C2(C)CCCCN2)CC1. The van der Waals surface area contributed by atoms with Crippen molar-refractivity contribution in [1.82, 2.24) is 15.1 Å². The zero-order valence-corrected chi connectivity index (χ0v) is 11.8. The first kappa shape index (κ1) is 14.1. The molecule has 2 heterocycles. The Morgan fingerprint density at radius 3 is 2.26 bits per heavy atom. The number of amides is 2. The number of ether oxygens (including phenoxy) is 1. The topological polar surface area (TPSA) is 61.9 Å². The first-order chi connectivity index (χ1) is 9.07. The Morgan fingerprint density at radius 1 is 1.11 bits per heavy atom. The zero-order valence-electron chi connectivity index (χ0n) is 11.8. The zero-order chi connectivity index (χ0) is 13.9. The molecule has 0 saturated carbocycles. The number of methoxy groups -OCH3 is 1. The molecule has 2 rings (SSSR count). The Morgan fingerprint density at radius 2 is 1.74 bits per heavy atom. The van der Waals surface area contributed by atoms with E-state index < -0.39 is 5.54 Å². The van der Waals surface area contributed by atoms with Crippen LogP contribution in [-0.2, 0) is 9.53 Å². The van der Waals surface area contributed by atoms with Gasteiger partial charge in [-0.3, -0.25) is 4.79 Å². The number of hydrogen-bond acceptors (Lipinski definition) is 4. The average Bonchev–Trinajstić information content (AvgIpc) is 2.46. The number of rotatable bonds is 1. The van der Waals surface area contributed by atoms with Crippen molar-refractivity contribution in [2.45, 2.75) is 31.7 Å². The van der Waals surface area contributed by atoms with Crippen LogP contribution in [0, 0.1) is 0 Å². The van der Waals surface area contributed by atoms with Crippen molar-refractivity contribution in [3.05, 3.63) is 0 Å². The lowest BCUT2D eigenvalue weighted by Crippen LogP contribution is -2.61. The molecule has 0 aromatic heterocycles. The van der Waals surface area contributed by atoms with Gasteiger partial charge in [-0.2, -0.15) is 0 Å². The minimum Gasteiger partial charge on any atom is -0.453 e. The molecule has 6 heteroatoms. The highest BCUT2D eigenvalue weighted by Crippen LogP contribution is 2.22. The quantitative estimate of drug-likeness (QED) is 0.750. The van der Waals surface area contributed by atoms with Crippen LogP contribution in [0.5, 0.6) is 0 Å². The molecule has 19 heavy (non-hydrogen) atoms. The molecule has 1 atom stereocenters. The van der Waals surface area contributed by atoms with Gasteiger partial charge in [-0.05, 0) is 32.7 Å². The van der Waals surface area contributed by atoms with Gasteiger partial charge < -0.3 is 19.9 Å². The fraction of sp³-hybridized carbons (Fsp3) is 0.846. The van der Waals surface area contributed by atoms with Crippen LogP contribution in [0.4, 0.5) is 4.79 Å². The molecular weight excluding hydrogens is 246 g/mol. The van der Waals surface area contributed by atoms with Gasteiger partial charge in [0.15, 0.2) is 0 Å². The first-order valence-electron chi connectivity index (χ1n) is 6.94. The molecule has 1 N–H and O–H groups in total. The first-order valence-corrected chi connectivity index (χ1v) is 6.94. The van der Waals surface area contributed by atoms with Crippen molar-refractivity contribution in [2.75, 3.05) is 39.8 Å². The predicted molar refractivity (Wildman–Crippen MR) is 70.8 cm³/mol. The molecular formula is C13H23N3O3. The lowest BCUT2D eigenvalue weighted by atomic mass is 9.89. The number of nitrogens with one attached hydrogen (secondary N) is 1. The molecule has 2 aliphatic heterocycles. The van der Waals surface area contributed by atoms with Crippen molar-refractivity contribution < 1.29 is 14.3 Å². The third-order valence-electron chi connectivity index (χ3n) is 4.09. The van der Waals surface area contributed by atoms with Crippen LogP contribution in [0.2, 0.25) is 0 Å². The van der Waals surface area contributed by atoms with E-state index in [-0.39, 0.29) is 12.0 Å². The third kappa shape index (κ3) is 3.00. The van der Waals surface area contributed by atoms with Crippen LogP contribution >= 0.6 is 0 Å². The van der Waals surface area contributed by atoms with Gasteiger partial charge in [-0.1, -0.05) is 0 Å².